The van der Waals surface area contributed by atoms with Gasteiger partial charge in [0.2, 0.25) is 11.8 Å². The van der Waals surface area contributed by atoms with E-state index in [9.17, 15) is 18.0 Å². The minimum atomic E-state index is -2.87. The second-order valence-electron chi connectivity index (χ2n) is 5.81. The third-order valence-corrected chi connectivity index (χ3v) is 4.54. The molecule has 2 atom stereocenters. The maximum atomic E-state index is 14.9. The van der Waals surface area contributed by atoms with Crippen molar-refractivity contribution >= 4 is 5.91 Å². The van der Waals surface area contributed by atoms with Crippen molar-refractivity contribution < 1.29 is 18.0 Å². The van der Waals surface area contributed by atoms with E-state index in [0.29, 0.717) is 12.8 Å². The second kappa shape index (κ2) is 4.74. The molecule has 0 aromatic heterocycles. The van der Waals surface area contributed by atoms with Gasteiger partial charge in [0.15, 0.2) is 0 Å². The largest absolute Gasteiger partial charge is 0.369 e. The van der Waals surface area contributed by atoms with Gasteiger partial charge in [-0.05, 0) is 19.3 Å². The van der Waals surface area contributed by atoms with Crippen LogP contribution >= 0.6 is 0 Å². The van der Waals surface area contributed by atoms with Crippen LogP contribution in [0.2, 0.25) is 0 Å². The van der Waals surface area contributed by atoms with E-state index in [2.05, 4.69) is 0 Å². The SMILES string of the molecule is NC(=O)C1CC(F)(F)CCC1C1(F)CCCCC1. The van der Waals surface area contributed by atoms with E-state index >= 15 is 0 Å². The fourth-order valence-corrected chi connectivity index (χ4v) is 3.56. The van der Waals surface area contributed by atoms with Crippen molar-refractivity contribution in [2.75, 3.05) is 0 Å². The van der Waals surface area contributed by atoms with Crippen LogP contribution < -0.4 is 5.73 Å². The molecule has 2 rings (SSSR count). The summed E-state index contributed by atoms with van der Waals surface area (Å²) in [6, 6.07) is 0. The number of carbonyl (C=O) groups is 1. The molecule has 0 aromatic rings. The molecule has 5 heteroatoms. The summed E-state index contributed by atoms with van der Waals surface area (Å²) in [5.41, 5.74) is 3.74. The normalized spacial score (nSPS) is 35.1. The highest BCUT2D eigenvalue weighted by atomic mass is 19.3. The van der Waals surface area contributed by atoms with Crippen LogP contribution in [0.15, 0.2) is 0 Å². The Morgan fingerprint density at radius 3 is 2.22 bits per heavy atom. The van der Waals surface area contributed by atoms with E-state index in [1.165, 1.54) is 0 Å². The Balaban J connectivity index is 2.17. The number of amides is 1. The maximum Gasteiger partial charge on any atom is 0.248 e. The molecule has 0 aliphatic heterocycles. The first-order valence-corrected chi connectivity index (χ1v) is 6.70. The Morgan fingerprint density at radius 2 is 1.67 bits per heavy atom. The summed E-state index contributed by atoms with van der Waals surface area (Å²) in [5.74, 6) is -5.28. The molecule has 0 heterocycles. The highest BCUT2D eigenvalue weighted by Crippen LogP contribution is 2.50. The predicted octanol–water partition coefficient (Wildman–Crippen LogP) is 3.20. The molecular formula is C13H20F3NO. The number of nitrogens with two attached hydrogens (primary N) is 1. The first-order valence-electron chi connectivity index (χ1n) is 6.70. The first-order chi connectivity index (χ1) is 8.34. The van der Waals surface area contributed by atoms with Gasteiger partial charge in [-0.15, -0.1) is 0 Å². The molecule has 0 radical (unpaired) electrons. The molecule has 104 valence electrons. The standard InChI is InChI=1S/C13H20F3NO/c14-12(5-2-1-3-6-12)10-4-7-13(15,16)8-9(10)11(17)18/h9-10H,1-8H2,(H2,17,18). The van der Waals surface area contributed by atoms with Crippen LogP contribution in [0.1, 0.15) is 51.4 Å². The predicted molar refractivity (Wildman–Crippen MR) is 61.9 cm³/mol. The lowest BCUT2D eigenvalue weighted by atomic mass is 9.65. The van der Waals surface area contributed by atoms with Gasteiger partial charge < -0.3 is 5.73 Å². The van der Waals surface area contributed by atoms with Crippen molar-refractivity contribution in [2.45, 2.75) is 63.0 Å². The van der Waals surface area contributed by atoms with Gasteiger partial charge in [0, 0.05) is 24.7 Å². The van der Waals surface area contributed by atoms with Gasteiger partial charge in [-0.2, -0.15) is 0 Å². The van der Waals surface area contributed by atoms with Crippen molar-refractivity contribution in [3.63, 3.8) is 0 Å². The summed E-state index contributed by atoms with van der Waals surface area (Å²) in [6.45, 7) is 0. The fraction of sp³-hybridized carbons (Fsp3) is 0.923. The molecule has 2 aliphatic carbocycles. The first kappa shape index (κ1) is 13.7. The quantitative estimate of drug-likeness (QED) is 0.816. The zero-order valence-corrected chi connectivity index (χ0v) is 10.4. The molecular weight excluding hydrogens is 243 g/mol. The lowest BCUT2D eigenvalue weighted by molar-refractivity contribution is -0.143. The van der Waals surface area contributed by atoms with E-state index in [1.807, 2.05) is 0 Å². The van der Waals surface area contributed by atoms with Crippen molar-refractivity contribution in [2.24, 2.45) is 17.6 Å². The monoisotopic (exact) mass is 263 g/mol. The Morgan fingerprint density at radius 1 is 1.06 bits per heavy atom. The minimum Gasteiger partial charge on any atom is -0.369 e. The molecule has 2 fully saturated rings. The van der Waals surface area contributed by atoms with Crippen molar-refractivity contribution in [1.29, 1.82) is 0 Å². The summed E-state index contributed by atoms with van der Waals surface area (Å²) in [7, 11) is 0. The van der Waals surface area contributed by atoms with Crippen LogP contribution in [0, 0.1) is 11.8 Å². The van der Waals surface area contributed by atoms with Gasteiger partial charge in [-0.25, -0.2) is 13.2 Å². The van der Waals surface area contributed by atoms with Gasteiger partial charge >= 0.3 is 0 Å². The van der Waals surface area contributed by atoms with Gasteiger partial charge in [0.1, 0.15) is 5.67 Å². The molecule has 0 bridgehead atoms. The Bertz CT molecular complexity index is 326. The molecule has 2 unspecified atom stereocenters. The van der Waals surface area contributed by atoms with Crippen LogP contribution in [0.25, 0.3) is 0 Å². The topological polar surface area (TPSA) is 43.1 Å². The molecule has 0 aromatic carbocycles. The lowest BCUT2D eigenvalue weighted by Gasteiger charge is -2.44. The fourth-order valence-electron chi connectivity index (χ4n) is 3.56. The highest BCUT2D eigenvalue weighted by Gasteiger charge is 2.52. The number of carbonyl (C=O) groups excluding carboxylic acids is 1. The third kappa shape index (κ3) is 2.64. The zero-order valence-electron chi connectivity index (χ0n) is 10.4. The smallest absolute Gasteiger partial charge is 0.248 e. The van der Waals surface area contributed by atoms with Crippen molar-refractivity contribution in [3.05, 3.63) is 0 Å². The van der Waals surface area contributed by atoms with Gasteiger partial charge in [-0.3, -0.25) is 4.79 Å². The maximum absolute atomic E-state index is 14.9. The Kier molecular flexibility index (Phi) is 3.60. The molecule has 2 aliphatic rings. The molecule has 18 heavy (non-hydrogen) atoms. The number of halogens is 3. The molecule has 1 amide bonds. The van der Waals surface area contributed by atoms with E-state index in [-0.39, 0.29) is 12.8 Å². The molecule has 2 saturated carbocycles. The molecule has 2 N–H and O–H groups in total. The van der Waals surface area contributed by atoms with Crippen LogP contribution in [0.4, 0.5) is 13.2 Å². The van der Waals surface area contributed by atoms with Crippen LogP contribution in [-0.4, -0.2) is 17.5 Å². The summed E-state index contributed by atoms with van der Waals surface area (Å²) in [6.07, 6.45) is 2.45. The van der Waals surface area contributed by atoms with Crippen molar-refractivity contribution in [1.82, 2.24) is 0 Å². The third-order valence-electron chi connectivity index (χ3n) is 4.54. The lowest BCUT2D eigenvalue weighted by Crippen LogP contribution is -2.49. The number of rotatable bonds is 2. The van der Waals surface area contributed by atoms with Crippen LogP contribution in [0.5, 0.6) is 0 Å². The molecule has 2 nitrogen and oxygen atoms in total. The van der Waals surface area contributed by atoms with E-state index in [4.69, 9.17) is 5.73 Å². The molecule has 0 saturated heterocycles. The number of alkyl halides is 3. The highest BCUT2D eigenvalue weighted by molar-refractivity contribution is 5.77. The average Bonchev–Trinajstić information content (AvgIpc) is 2.28. The molecule has 0 spiro atoms. The van der Waals surface area contributed by atoms with Crippen molar-refractivity contribution in [3.8, 4) is 0 Å². The van der Waals surface area contributed by atoms with Crippen LogP contribution in [0.3, 0.4) is 0 Å². The van der Waals surface area contributed by atoms with Crippen LogP contribution in [-0.2, 0) is 4.79 Å². The number of hydrogen-bond donors (Lipinski definition) is 1. The second-order valence-corrected chi connectivity index (χ2v) is 5.81. The number of hydrogen-bond acceptors (Lipinski definition) is 1. The van der Waals surface area contributed by atoms with E-state index < -0.39 is 35.8 Å². The zero-order chi connectivity index (χ0) is 13.4. The van der Waals surface area contributed by atoms with Gasteiger partial charge in [-0.1, -0.05) is 19.3 Å². The van der Waals surface area contributed by atoms with Gasteiger partial charge in [0.05, 0.1) is 0 Å². The summed E-state index contributed by atoms with van der Waals surface area (Å²) in [5, 5.41) is 0. The summed E-state index contributed by atoms with van der Waals surface area (Å²) in [4.78, 5) is 11.4. The minimum absolute atomic E-state index is 0.0666. The summed E-state index contributed by atoms with van der Waals surface area (Å²) >= 11 is 0. The Labute approximate surface area is 105 Å². The van der Waals surface area contributed by atoms with E-state index in [0.717, 1.165) is 19.3 Å². The average molecular weight is 263 g/mol. The Hall–Kier alpha value is -0.740. The van der Waals surface area contributed by atoms with E-state index in [1.54, 1.807) is 0 Å². The summed E-state index contributed by atoms with van der Waals surface area (Å²) < 4.78 is 41.6. The van der Waals surface area contributed by atoms with Gasteiger partial charge in [0.25, 0.3) is 0 Å². The number of primary amides is 1.